The summed E-state index contributed by atoms with van der Waals surface area (Å²) in [6, 6.07) is 8.86. The van der Waals surface area contributed by atoms with E-state index in [9.17, 15) is 9.59 Å². The van der Waals surface area contributed by atoms with Crippen LogP contribution in [-0.4, -0.2) is 29.5 Å². The van der Waals surface area contributed by atoms with Crippen molar-refractivity contribution in [3.63, 3.8) is 0 Å². The van der Waals surface area contributed by atoms with Crippen molar-refractivity contribution in [2.75, 3.05) is 11.9 Å². The second-order valence-corrected chi connectivity index (χ2v) is 5.16. The highest BCUT2D eigenvalue weighted by Crippen LogP contribution is 2.24. The average molecular weight is 288 g/mol. The van der Waals surface area contributed by atoms with Gasteiger partial charge in [-0.25, -0.2) is 9.78 Å². The van der Waals surface area contributed by atoms with Crippen LogP contribution in [0.4, 0.5) is 9.93 Å². The molecule has 0 unspecified atom stereocenters. The van der Waals surface area contributed by atoms with Crippen LogP contribution < -0.4 is 16.0 Å². The Balaban J connectivity index is 1.68. The van der Waals surface area contributed by atoms with Gasteiger partial charge in [-0.15, -0.1) is 11.3 Å². The Morgan fingerprint density at radius 1 is 1.35 bits per heavy atom. The third-order valence-electron chi connectivity index (χ3n) is 2.89. The van der Waals surface area contributed by atoms with Crippen LogP contribution in [0.25, 0.3) is 11.3 Å². The van der Waals surface area contributed by atoms with Crippen molar-refractivity contribution in [3.8, 4) is 11.3 Å². The van der Waals surface area contributed by atoms with E-state index in [1.165, 1.54) is 11.3 Å². The van der Waals surface area contributed by atoms with Gasteiger partial charge in [-0.05, 0) is 0 Å². The van der Waals surface area contributed by atoms with Crippen molar-refractivity contribution >= 4 is 28.4 Å². The van der Waals surface area contributed by atoms with Crippen molar-refractivity contribution in [1.29, 1.82) is 0 Å². The van der Waals surface area contributed by atoms with Gasteiger partial charge < -0.3 is 16.0 Å². The lowest BCUT2D eigenvalue weighted by atomic mass is 10.2. The molecule has 2 aromatic rings. The maximum atomic E-state index is 11.9. The summed E-state index contributed by atoms with van der Waals surface area (Å²) >= 11 is 1.36. The molecule has 0 aliphatic carbocycles. The summed E-state index contributed by atoms with van der Waals surface area (Å²) in [6.07, 6.45) is 0. The maximum Gasteiger partial charge on any atom is 0.315 e. The molecule has 6 nitrogen and oxygen atoms in total. The smallest absolute Gasteiger partial charge is 0.315 e. The molecule has 20 heavy (non-hydrogen) atoms. The highest BCUT2D eigenvalue weighted by Gasteiger charge is 2.27. The number of carbonyl (C=O) groups excluding carboxylic acids is 2. The average Bonchev–Trinajstić information content (AvgIpc) is 3.09. The Morgan fingerprint density at radius 3 is 2.85 bits per heavy atom. The van der Waals surface area contributed by atoms with Crippen LogP contribution in [0.2, 0.25) is 0 Å². The molecule has 1 atom stereocenters. The van der Waals surface area contributed by atoms with Gasteiger partial charge in [0.1, 0.15) is 6.04 Å². The zero-order chi connectivity index (χ0) is 13.9. The number of anilines is 1. The number of nitrogens with one attached hydrogen (secondary N) is 3. The lowest BCUT2D eigenvalue weighted by Crippen LogP contribution is -2.38. The molecule has 1 aromatic heterocycles. The van der Waals surface area contributed by atoms with E-state index in [0.717, 1.165) is 11.3 Å². The molecule has 1 aromatic carbocycles. The normalized spacial score (nSPS) is 17.4. The number of aromatic nitrogens is 1. The predicted molar refractivity (Wildman–Crippen MR) is 76.5 cm³/mol. The molecule has 102 valence electrons. The standard InChI is InChI=1S/C13H12N4O2S/c18-11(9-6-14-12(19)15-9)17-13-16-10(7-20-13)8-4-2-1-3-5-8/h1-5,7,9H,6H2,(H2,14,15,19)(H,16,17,18)/t9-/m0/s1. The number of amides is 3. The first-order chi connectivity index (χ1) is 9.72. The summed E-state index contributed by atoms with van der Waals surface area (Å²) in [5.41, 5.74) is 1.82. The molecule has 7 heteroatoms. The van der Waals surface area contributed by atoms with Crippen LogP contribution in [0.5, 0.6) is 0 Å². The van der Waals surface area contributed by atoms with Gasteiger partial charge in [0.05, 0.1) is 5.69 Å². The summed E-state index contributed by atoms with van der Waals surface area (Å²) in [6.45, 7) is 0.293. The number of hydrogen-bond donors (Lipinski definition) is 3. The van der Waals surface area contributed by atoms with Crippen molar-refractivity contribution in [2.45, 2.75) is 6.04 Å². The molecule has 3 amide bonds. The molecule has 3 rings (SSSR count). The zero-order valence-electron chi connectivity index (χ0n) is 10.4. The minimum atomic E-state index is -0.549. The summed E-state index contributed by atoms with van der Waals surface area (Å²) in [7, 11) is 0. The van der Waals surface area contributed by atoms with E-state index in [0.29, 0.717) is 11.7 Å². The van der Waals surface area contributed by atoms with E-state index in [2.05, 4.69) is 20.9 Å². The number of nitrogens with zero attached hydrogens (tertiary/aromatic N) is 1. The fourth-order valence-electron chi connectivity index (χ4n) is 1.88. The highest BCUT2D eigenvalue weighted by molar-refractivity contribution is 7.14. The number of urea groups is 1. The van der Waals surface area contributed by atoms with E-state index in [-0.39, 0.29) is 11.9 Å². The molecule has 0 radical (unpaired) electrons. The van der Waals surface area contributed by atoms with Crippen molar-refractivity contribution in [3.05, 3.63) is 35.7 Å². The monoisotopic (exact) mass is 288 g/mol. The van der Waals surface area contributed by atoms with Gasteiger partial charge in [0.25, 0.3) is 5.91 Å². The maximum absolute atomic E-state index is 11.9. The first-order valence-corrected chi connectivity index (χ1v) is 6.96. The molecule has 1 fully saturated rings. The van der Waals surface area contributed by atoms with Gasteiger partial charge in [0.2, 0.25) is 0 Å². The summed E-state index contributed by atoms with van der Waals surface area (Å²) in [5, 5.41) is 10.2. The molecule has 0 bridgehead atoms. The van der Waals surface area contributed by atoms with Gasteiger partial charge in [0.15, 0.2) is 5.13 Å². The lowest BCUT2D eigenvalue weighted by Gasteiger charge is -2.06. The van der Waals surface area contributed by atoms with E-state index >= 15 is 0 Å². The summed E-state index contributed by atoms with van der Waals surface area (Å²) in [5.74, 6) is -0.266. The fraction of sp³-hybridized carbons (Fsp3) is 0.154. The highest BCUT2D eigenvalue weighted by atomic mass is 32.1. The Morgan fingerprint density at radius 2 is 2.15 bits per heavy atom. The van der Waals surface area contributed by atoms with Crippen molar-refractivity contribution in [1.82, 2.24) is 15.6 Å². The first kappa shape index (κ1) is 12.6. The Kier molecular flexibility index (Phi) is 3.34. The number of hydrogen-bond acceptors (Lipinski definition) is 4. The molecule has 3 N–H and O–H groups in total. The third-order valence-corrected chi connectivity index (χ3v) is 3.65. The molecular formula is C13H12N4O2S. The zero-order valence-corrected chi connectivity index (χ0v) is 11.2. The van der Waals surface area contributed by atoms with Crippen LogP contribution in [0.15, 0.2) is 35.7 Å². The Hall–Kier alpha value is -2.41. The number of thiazole rings is 1. The number of carbonyl (C=O) groups is 2. The van der Waals surface area contributed by atoms with Crippen LogP contribution in [0.3, 0.4) is 0 Å². The molecule has 0 saturated carbocycles. The van der Waals surface area contributed by atoms with Gasteiger partial charge in [-0.2, -0.15) is 0 Å². The lowest BCUT2D eigenvalue weighted by molar-refractivity contribution is -0.117. The van der Waals surface area contributed by atoms with Crippen LogP contribution in [-0.2, 0) is 4.79 Å². The minimum absolute atomic E-state index is 0.266. The third kappa shape index (κ3) is 2.62. The van der Waals surface area contributed by atoms with E-state index in [1.54, 1.807) is 0 Å². The summed E-state index contributed by atoms with van der Waals surface area (Å²) < 4.78 is 0. The van der Waals surface area contributed by atoms with E-state index < -0.39 is 6.04 Å². The Bertz CT molecular complexity index is 641. The van der Waals surface area contributed by atoms with Crippen LogP contribution in [0.1, 0.15) is 0 Å². The second kappa shape index (κ2) is 5.30. The molecule has 1 aliphatic rings. The number of benzene rings is 1. The topological polar surface area (TPSA) is 83.1 Å². The van der Waals surface area contributed by atoms with Gasteiger partial charge in [-0.1, -0.05) is 30.3 Å². The molecule has 1 aliphatic heterocycles. The Labute approximate surface area is 119 Å². The van der Waals surface area contributed by atoms with Gasteiger partial charge in [-0.3, -0.25) is 4.79 Å². The van der Waals surface area contributed by atoms with Crippen molar-refractivity contribution < 1.29 is 9.59 Å². The number of rotatable bonds is 3. The van der Waals surface area contributed by atoms with Crippen LogP contribution >= 0.6 is 11.3 Å². The van der Waals surface area contributed by atoms with E-state index in [1.807, 2.05) is 35.7 Å². The van der Waals surface area contributed by atoms with Crippen LogP contribution in [0, 0.1) is 0 Å². The molecule has 0 spiro atoms. The predicted octanol–water partition coefficient (Wildman–Crippen LogP) is 1.43. The fourth-order valence-corrected chi connectivity index (χ4v) is 2.60. The summed E-state index contributed by atoms with van der Waals surface area (Å²) in [4.78, 5) is 27.3. The molecular weight excluding hydrogens is 276 g/mol. The first-order valence-electron chi connectivity index (χ1n) is 6.08. The minimum Gasteiger partial charge on any atom is -0.336 e. The second-order valence-electron chi connectivity index (χ2n) is 4.30. The molecule has 2 heterocycles. The van der Waals surface area contributed by atoms with E-state index in [4.69, 9.17) is 0 Å². The van der Waals surface area contributed by atoms with Gasteiger partial charge >= 0.3 is 6.03 Å². The van der Waals surface area contributed by atoms with Crippen molar-refractivity contribution in [2.24, 2.45) is 0 Å². The largest absolute Gasteiger partial charge is 0.336 e. The van der Waals surface area contributed by atoms with Gasteiger partial charge in [0, 0.05) is 17.5 Å². The quantitative estimate of drug-likeness (QED) is 0.799. The molecule has 1 saturated heterocycles. The SMILES string of the molecule is O=C1NC[C@@H](C(=O)Nc2nc(-c3ccccc3)cs2)N1.